The Bertz CT molecular complexity index is 1010. The molecule has 0 atom stereocenters. The smallest absolute Gasteiger partial charge is 0.249 e. The van der Waals surface area contributed by atoms with Gasteiger partial charge in [-0.3, -0.25) is 9.48 Å². The number of rotatable bonds is 6. The molecule has 0 radical (unpaired) electrons. The highest BCUT2D eigenvalue weighted by molar-refractivity contribution is 6.35. The highest BCUT2D eigenvalue weighted by Gasteiger charge is 2.09. The molecule has 0 aliphatic rings. The van der Waals surface area contributed by atoms with Crippen LogP contribution in [-0.2, 0) is 11.3 Å². The number of halogens is 2. The second-order valence-corrected chi connectivity index (χ2v) is 7.00. The van der Waals surface area contributed by atoms with E-state index in [1.54, 1.807) is 30.0 Å². The number of hydrogen-bond acceptors (Lipinski definition) is 3. The number of hydrogen-bond donors (Lipinski definition) is 1. The van der Waals surface area contributed by atoms with E-state index in [4.69, 9.17) is 27.9 Å². The summed E-state index contributed by atoms with van der Waals surface area (Å²) >= 11 is 12.2. The normalized spacial score (nSPS) is 11.0. The molecular formula is C21H19Cl2N3O2. The van der Waals surface area contributed by atoms with Crippen LogP contribution in [0.2, 0.25) is 10.0 Å². The topological polar surface area (TPSA) is 56.1 Å². The molecule has 0 aliphatic heterocycles. The number of benzene rings is 2. The molecule has 0 aliphatic carbocycles. The first kappa shape index (κ1) is 20.0. The summed E-state index contributed by atoms with van der Waals surface area (Å²) in [6.07, 6.45) is 3.19. The molecule has 3 aromatic rings. The van der Waals surface area contributed by atoms with Crippen molar-refractivity contribution in [1.29, 1.82) is 0 Å². The van der Waals surface area contributed by atoms with Crippen LogP contribution < -0.4 is 10.1 Å². The molecule has 144 valence electrons. The van der Waals surface area contributed by atoms with Crippen LogP contribution in [0.1, 0.15) is 16.8 Å². The quantitative estimate of drug-likeness (QED) is 0.562. The van der Waals surface area contributed by atoms with Crippen molar-refractivity contribution in [2.75, 3.05) is 12.4 Å². The maximum atomic E-state index is 12.2. The van der Waals surface area contributed by atoms with E-state index in [1.807, 2.05) is 43.3 Å². The van der Waals surface area contributed by atoms with Crippen molar-refractivity contribution < 1.29 is 9.53 Å². The lowest BCUT2D eigenvalue weighted by Gasteiger charge is -2.07. The minimum atomic E-state index is -0.259. The first-order valence-electron chi connectivity index (χ1n) is 8.56. The fraction of sp³-hybridized carbons (Fsp3) is 0.143. The Labute approximate surface area is 173 Å². The van der Waals surface area contributed by atoms with E-state index in [9.17, 15) is 4.79 Å². The van der Waals surface area contributed by atoms with Gasteiger partial charge in [-0.25, -0.2) is 0 Å². The van der Waals surface area contributed by atoms with E-state index >= 15 is 0 Å². The minimum absolute atomic E-state index is 0.259. The van der Waals surface area contributed by atoms with Gasteiger partial charge >= 0.3 is 0 Å². The zero-order valence-corrected chi connectivity index (χ0v) is 17.0. The first-order chi connectivity index (χ1) is 13.4. The number of ether oxygens (including phenoxy) is 1. The molecular weight excluding hydrogens is 397 g/mol. The molecule has 0 bridgehead atoms. The third-order valence-electron chi connectivity index (χ3n) is 4.11. The number of amides is 1. The van der Waals surface area contributed by atoms with Crippen molar-refractivity contribution in [2.45, 2.75) is 13.5 Å². The Hall–Kier alpha value is -2.76. The van der Waals surface area contributed by atoms with Gasteiger partial charge in [-0.15, -0.1) is 0 Å². The summed E-state index contributed by atoms with van der Waals surface area (Å²) in [5.74, 6) is 0.986. The Morgan fingerprint density at radius 1 is 1.18 bits per heavy atom. The minimum Gasteiger partial charge on any atom is -0.497 e. The summed E-state index contributed by atoms with van der Waals surface area (Å²) in [5, 5.41) is 8.36. The van der Waals surface area contributed by atoms with Crippen molar-refractivity contribution in [3.8, 4) is 5.75 Å². The lowest BCUT2D eigenvalue weighted by atomic mass is 10.2. The molecule has 2 aromatic carbocycles. The standard InChI is InChI=1S/C21H19Cl2N3O2/c1-14-11-20(25-26(14)13-16-6-7-17(22)12-19(16)23)24-21(27)10-5-15-3-8-18(28-2)9-4-15/h3-12H,13H2,1-2H3,(H,24,25,27)/b10-5+. The zero-order valence-electron chi connectivity index (χ0n) is 15.4. The predicted molar refractivity (Wildman–Crippen MR) is 113 cm³/mol. The lowest BCUT2D eigenvalue weighted by molar-refractivity contribution is -0.111. The molecule has 5 nitrogen and oxygen atoms in total. The third-order valence-corrected chi connectivity index (χ3v) is 4.70. The molecule has 0 unspecified atom stereocenters. The molecule has 0 fully saturated rings. The van der Waals surface area contributed by atoms with E-state index in [0.29, 0.717) is 22.4 Å². The molecule has 28 heavy (non-hydrogen) atoms. The predicted octanol–water partition coefficient (Wildman–Crippen LogP) is 5.21. The molecule has 0 spiro atoms. The summed E-state index contributed by atoms with van der Waals surface area (Å²) in [4.78, 5) is 12.2. The van der Waals surface area contributed by atoms with E-state index in [1.165, 1.54) is 6.08 Å². The van der Waals surface area contributed by atoms with Gasteiger partial charge in [0.1, 0.15) is 5.75 Å². The zero-order chi connectivity index (χ0) is 20.1. The van der Waals surface area contributed by atoms with E-state index in [0.717, 1.165) is 22.6 Å². The van der Waals surface area contributed by atoms with Gasteiger partial charge in [0.2, 0.25) is 5.91 Å². The number of aromatic nitrogens is 2. The van der Waals surface area contributed by atoms with Gasteiger partial charge in [-0.05, 0) is 48.4 Å². The molecule has 0 saturated carbocycles. The summed E-state index contributed by atoms with van der Waals surface area (Å²) in [6, 6.07) is 14.6. The third kappa shape index (κ3) is 5.15. The first-order valence-corrected chi connectivity index (χ1v) is 9.31. The summed E-state index contributed by atoms with van der Waals surface area (Å²) < 4.78 is 6.89. The van der Waals surface area contributed by atoms with E-state index in [2.05, 4.69) is 10.4 Å². The van der Waals surface area contributed by atoms with Crippen molar-refractivity contribution in [3.63, 3.8) is 0 Å². The average Bonchev–Trinajstić information content (AvgIpc) is 3.01. The number of nitrogens with zero attached hydrogens (tertiary/aromatic N) is 2. The molecule has 1 heterocycles. The number of carbonyl (C=O) groups is 1. The van der Waals surface area contributed by atoms with Crippen LogP contribution in [0.5, 0.6) is 5.75 Å². The van der Waals surface area contributed by atoms with Crippen LogP contribution in [-0.4, -0.2) is 22.8 Å². The van der Waals surface area contributed by atoms with Gasteiger partial charge in [-0.2, -0.15) is 5.10 Å². The van der Waals surface area contributed by atoms with Crippen LogP contribution in [0.3, 0.4) is 0 Å². The maximum Gasteiger partial charge on any atom is 0.249 e. The van der Waals surface area contributed by atoms with Gasteiger partial charge in [0.15, 0.2) is 5.82 Å². The Morgan fingerprint density at radius 2 is 1.93 bits per heavy atom. The Kier molecular flexibility index (Phi) is 6.39. The Morgan fingerprint density at radius 3 is 2.61 bits per heavy atom. The highest BCUT2D eigenvalue weighted by atomic mass is 35.5. The van der Waals surface area contributed by atoms with Crippen LogP contribution in [0.25, 0.3) is 6.08 Å². The Balaban J connectivity index is 1.65. The lowest BCUT2D eigenvalue weighted by Crippen LogP contribution is -2.09. The van der Waals surface area contributed by atoms with Crippen molar-refractivity contribution in [2.24, 2.45) is 0 Å². The van der Waals surface area contributed by atoms with Crippen LogP contribution >= 0.6 is 23.2 Å². The second-order valence-electron chi connectivity index (χ2n) is 6.16. The van der Waals surface area contributed by atoms with Gasteiger partial charge in [0, 0.05) is 27.9 Å². The van der Waals surface area contributed by atoms with Crippen LogP contribution in [0.15, 0.2) is 54.6 Å². The van der Waals surface area contributed by atoms with Gasteiger partial charge in [0.25, 0.3) is 0 Å². The van der Waals surface area contributed by atoms with Gasteiger partial charge < -0.3 is 10.1 Å². The monoisotopic (exact) mass is 415 g/mol. The van der Waals surface area contributed by atoms with Gasteiger partial charge in [-0.1, -0.05) is 41.4 Å². The van der Waals surface area contributed by atoms with E-state index < -0.39 is 0 Å². The molecule has 3 rings (SSSR count). The summed E-state index contributed by atoms with van der Waals surface area (Å²) in [7, 11) is 1.61. The number of carbonyl (C=O) groups excluding carboxylic acids is 1. The fourth-order valence-electron chi connectivity index (χ4n) is 2.60. The van der Waals surface area contributed by atoms with Crippen LogP contribution in [0, 0.1) is 6.92 Å². The van der Waals surface area contributed by atoms with Gasteiger partial charge in [0.05, 0.1) is 13.7 Å². The van der Waals surface area contributed by atoms with Crippen molar-refractivity contribution >= 4 is 41.0 Å². The number of aryl methyl sites for hydroxylation is 1. The molecule has 7 heteroatoms. The second kappa shape index (κ2) is 8.95. The van der Waals surface area contributed by atoms with Crippen molar-refractivity contribution in [3.05, 3.63) is 81.5 Å². The molecule has 1 N–H and O–H groups in total. The SMILES string of the molecule is COc1ccc(/C=C/C(=O)Nc2cc(C)n(Cc3ccc(Cl)cc3Cl)n2)cc1. The van der Waals surface area contributed by atoms with E-state index in [-0.39, 0.29) is 5.91 Å². The van der Waals surface area contributed by atoms with Crippen molar-refractivity contribution in [1.82, 2.24) is 9.78 Å². The largest absolute Gasteiger partial charge is 0.497 e. The molecule has 0 saturated heterocycles. The number of methoxy groups -OCH3 is 1. The molecule has 1 aromatic heterocycles. The van der Waals surface area contributed by atoms with Crippen LogP contribution in [0.4, 0.5) is 5.82 Å². The number of nitrogens with one attached hydrogen (secondary N) is 1. The molecule has 1 amide bonds. The summed E-state index contributed by atoms with van der Waals surface area (Å²) in [6.45, 7) is 2.40. The average molecular weight is 416 g/mol. The highest BCUT2D eigenvalue weighted by Crippen LogP contribution is 2.22. The fourth-order valence-corrected chi connectivity index (χ4v) is 3.07. The summed E-state index contributed by atoms with van der Waals surface area (Å²) in [5.41, 5.74) is 2.70. The maximum absolute atomic E-state index is 12.2. The number of anilines is 1.